The molecular formula is C52H51IrN5OSi-2. The van der Waals surface area contributed by atoms with Gasteiger partial charge in [-0.05, 0) is 94.7 Å². The van der Waals surface area contributed by atoms with Crippen LogP contribution in [0.15, 0.2) is 132 Å². The van der Waals surface area contributed by atoms with E-state index in [1.165, 1.54) is 16.3 Å². The largest absolute Gasteiger partial charge is 0.467 e. The Morgan fingerprint density at radius 1 is 0.767 bits per heavy atom. The fraction of sp³-hybridized carbons (Fsp3) is 0.231. The number of imidazole rings is 1. The van der Waals surface area contributed by atoms with Crippen LogP contribution < -0.4 is 5.19 Å². The Kier molecular flexibility index (Phi) is 12.2. The zero-order chi connectivity index (χ0) is 41.5. The summed E-state index contributed by atoms with van der Waals surface area (Å²) >= 11 is 0. The van der Waals surface area contributed by atoms with E-state index in [9.17, 15) is 0 Å². The molecule has 0 N–H and O–H groups in total. The summed E-state index contributed by atoms with van der Waals surface area (Å²) in [4.78, 5) is 18.9. The molecule has 4 aromatic carbocycles. The maximum atomic E-state index is 5.94. The van der Waals surface area contributed by atoms with Crippen molar-refractivity contribution in [3.05, 3.63) is 157 Å². The van der Waals surface area contributed by atoms with Crippen molar-refractivity contribution in [3.63, 3.8) is 0 Å². The van der Waals surface area contributed by atoms with Crippen LogP contribution in [0.4, 0.5) is 0 Å². The maximum absolute atomic E-state index is 5.94. The molecule has 1 radical (unpaired) electrons. The molecule has 0 aliphatic heterocycles. The van der Waals surface area contributed by atoms with Crippen molar-refractivity contribution in [1.29, 1.82) is 0 Å². The van der Waals surface area contributed by atoms with Gasteiger partial charge in [0.25, 0.3) is 0 Å². The average molecular weight is 982 g/mol. The van der Waals surface area contributed by atoms with Crippen molar-refractivity contribution < 1.29 is 24.5 Å². The minimum atomic E-state index is -1.34. The number of furan rings is 1. The molecule has 0 saturated carbocycles. The normalized spacial score (nSPS) is 11.8. The number of para-hydroxylation sites is 2. The summed E-state index contributed by atoms with van der Waals surface area (Å²) in [6, 6.07) is 45.2. The molecule has 0 unspecified atom stereocenters. The second kappa shape index (κ2) is 17.2. The summed E-state index contributed by atoms with van der Waals surface area (Å²) in [7, 11) is -1.34. The van der Waals surface area contributed by atoms with Crippen LogP contribution in [0.3, 0.4) is 0 Å². The van der Waals surface area contributed by atoms with Crippen molar-refractivity contribution >= 4 is 46.5 Å². The summed E-state index contributed by atoms with van der Waals surface area (Å²) < 4.78 is 8.17. The molecule has 9 aromatic rings. The van der Waals surface area contributed by atoms with Gasteiger partial charge >= 0.3 is 0 Å². The Labute approximate surface area is 368 Å². The number of hydrogen-bond donors (Lipinski definition) is 0. The Balaban J connectivity index is 0.000000220. The standard InChI is InChI=1S/C34H27N4O.C18H24NSi.Ir/c1-21-14-16-25-27-18-23(20-35-32(27)39-33(25)36-21)31-37-28-12-8-9-13-30(28)38(31)29-17-15-24(34(2,3)4)19-26(29)22-10-6-5-7-11-22;1-14(2)11-16-12-17(15-9-7-6-8-10-15)19-13-18(16)20(3,4)5;/h5-19H,1-4H3;6-9,12-14H,11H2,1-5H3;/q2*-1;. The molecule has 0 bridgehead atoms. The number of benzene rings is 4. The first-order chi connectivity index (χ1) is 28.2. The third kappa shape index (κ3) is 8.83. The van der Waals surface area contributed by atoms with Gasteiger partial charge in [0.2, 0.25) is 5.71 Å². The van der Waals surface area contributed by atoms with E-state index in [0.717, 1.165) is 73.4 Å². The molecule has 305 valence electrons. The van der Waals surface area contributed by atoms with Gasteiger partial charge in [0.15, 0.2) is 0 Å². The van der Waals surface area contributed by atoms with Gasteiger partial charge in [-0.3, -0.25) is 4.98 Å². The molecular weight excluding hydrogens is 931 g/mol. The van der Waals surface area contributed by atoms with E-state index in [4.69, 9.17) is 9.40 Å². The van der Waals surface area contributed by atoms with E-state index < -0.39 is 8.07 Å². The van der Waals surface area contributed by atoms with E-state index >= 15 is 0 Å². The first-order valence-corrected chi connectivity index (χ1v) is 24.0. The van der Waals surface area contributed by atoms with Crippen molar-refractivity contribution in [2.24, 2.45) is 5.92 Å². The number of pyridine rings is 3. The van der Waals surface area contributed by atoms with Crippen LogP contribution in [0.1, 0.15) is 51.4 Å². The smallest absolute Gasteiger partial charge is 0.217 e. The maximum Gasteiger partial charge on any atom is 0.217 e. The SMILES string of the molecule is CC(C)Cc1cc(-c2[c-]cccc2)ncc1[Si](C)(C)C.Cc1ccc2c(n1)oc1n[c-]c(-c3nc4ccccc4n3-c3ccc(C(C)(C)C)cc3-c3ccccc3)cc12.[Ir]. The van der Waals surface area contributed by atoms with Crippen molar-refractivity contribution in [2.75, 3.05) is 0 Å². The molecule has 8 heteroatoms. The van der Waals surface area contributed by atoms with Gasteiger partial charge in [0.05, 0.1) is 24.9 Å². The average Bonchev–Trinajstić information content (AvgIpc) is 3.78. The number of hydrogen-bond acceptors (Lipinski definition) is 5. The molecule has 0 aliphatic rings. The van der Waals surface area contributed by atoms with E-state index in [1.54, 1.807) is 0 Å². The molecule has 0 atom stereocenters. The van der Waals surface area contributed by atoms with Crippen molar-refractivity contribution in [3.8, 4) is 39.5 Å². The van der Waals surface area contributed by atoms with Gasteiger partial charge in [-0.15, -0.1) is 42.0 Å². The quantitative estimate of drug-likeness (QED) is 0.118. The molecule has 60 heavy (non-hydrogen) atoms. The Morgan fingerprint density at radius 3 is 2.23 bits per heavy atom. The van der Waals surface area contributed by atoms with Crippen LogP contribution in [0.2, 0.25) is 19.6 Å². The van der Waals surface area contributed by atoms with E-state index in [0.29, 0.717) is 17.3 Å². The van der Waals surface area contributed by atoms with Crippen molar-refractivity contribution in [1.82, 2.24) is 24.5 Å². The molecule has 0 aliphatic carbocycles. The molecule has 0 amide bonds. The van der Waals surface area contributed by atoms with Crippen LogP contribution in [0, 0.1) is 25.1 Å². The topological polar surface area (TPSA) is 69.6 Å². The zero-order valence-electron chi connectivity index (χ0n) is 35.9. The summed E-state index contributed by atoms with van der Waals surface area (Å²) in [5.74, 6) is 1.45. The minimum absolute atomic E-state index is 0. The van der Waals surface area contributed by atoms with Crippen molar-refractivity contribution in [2.45, 2.75) is 73.0 Å². The number of aryl methyl sites for hydroxylation is 1. The molecule has 0 fully saturated rings. The third-order valence-electron chi connectivity index (χ3n) is 10.7. The number of rotatable bonds is 7. The summed E-state index contributed by atoms with van der Waals surface area (Å²) in [5.41, 5.74) is 13.0. The predicted molar refractivity (Wildman–Crippen MR) is 247 cm³/mol. The van der Waals surface area contributed by atoms with Crippen LogP contribution >= 0.6 is 0 Å². The molecule has 0 saturated heterocycles. The molecule has 9 rings (SSSR count). The molecule has 0 spiro atoms. The fourth-order valence-electron chi connectivity index (χ4n) is 7.68. The van der Waals surface area contributed by atoms with Gasteiger partial charge in [-0.25, -0.2) is 4.98 Å². The van der Waals surface area contributed by atoms with Crippen LogP contribution in [0.5, 0.6) is 0 Å². The van der Waals surface area contributed by atoms with E-state index in [1.807, 2.05) is 49.4 Å². The fourth-order valence-corrected chi connectivity index (χ4v) is 9.27. The minimum Gasteiger partial charge on any atom is -0.467 e. The molecule has 5 aromatic heterocycles. The summed E-state index contributed by atoms with van der Waals surface area (Å²) in [5, 5.41) is 3.32. The monoisotopic (exact) mass is 982 g/mol. The second-order valence-corrected chi connectivity index (χ2v) is 22.9. The summed E-state index contributed by atoms with van der Waals surface area (Å²) in [6.45, 7) is 20.4. The number of nitrogens with zero attached hydrogens (tertiary/aromatic N) is 5. The van der Waals surface area contributed by atoms with Gasteiger partial charge in [-0.1, -0.05) is 120 Å². The van der Waals surface area contributed by atoms with Gasteiger partial charge in [0.1, 0.15) is 5.71 Å². The van der Waals surface area contributed by atoms with Gasteiger partial charge in [-0.2, -0.15) is 0 Å². The predicted octanol–water partition coefficient (Wildman–Crippen LogP) is 12.7. The van der Waals surface area contributed by atoms with Gasteiger partial charge < -0.3 is 19.0 Å². The Hall–Kier alpha value is -5.53. The van der Waals surface area contributed by atoms with E-state index in [-0.39, 0.29) is 25.5 Å². The van der Waals surface area contributed by atoms with Crippen LogP contribution in [0.25, 0.3) is 72.7 Å². The third-order valence-corrected chi connectivity index (χ3v) is 12.7. The van der Waals surface area contributed by atoms with Gasteiger partial charge in [0, 0.05) is 48.6 Å². The summed E-state index contributed by atoms with van der Waals surface area (Å²) in [6.07, 6.45) is 6.45. The number of fused-ring (bicyclic) bond motifs is 4. The Bertz CT molecular complexity index is 2920. The number of aromatic nitrogens is 5. The molecule has 6 nitrogen and oxygen atoms in total. The first-order valence-electron chi connectivity index (χ1n) is 20.5. The molecule has 5 heterocycles. The van der Waals surface area contributed by atoms with E-state index in [2.05, 4.69) is 171 Å². The van der Waals surface area contributed by atoms with Crippen LogP contribution in [-0.2, 0) is 31.9 Å². The Morgan fingerprint density at radius 2 is 1.52 bits per heavy atom. The van der Waals surface area contributed by atoms with Crippen LogP contribution in [-0.4, -0.2) is 32.6 Å². The first kappa shape index (κ1) is 42.6. The zero-order valence-corrected chi connectivity index (χ0v) is 39.3. The second-order valence-electron chi connectivity index (χ2n) is 17.9.